The molecule has 30 heavy (non-hydrogen) atoms. The first-order valence-electron chi connectivity index (χ1n) is 9.93. The lowest BCUT2D eigenvalue weighted by Gasteiger charge is -2.35. The van der Waals surface area contributed by atoms with E-state index in [-0.39, 0.29) is 11.9 Å². The second-order valence-corrected chi connectivity index (χ2v) is 7.03. The number of carbonyl (C=O) groups excluding carboxylic acids is 1. The van der Waals surface area contributed by atoms with E-state index in [2.05, 4.69) is 32.4 Å². The molecular weight excluding hydrogens is 382 g/mol. The van der Waals surface area contributed by atoms with Gasteiger partial charge in [-0.05, 0) is 42.0 Å². The second-order valence-electron chi connectivity index (χ2n) is 7.03. The second kappa shape index (κ2) is 9.51. The molecule has 2 aromatic carbocycles. The van der Waals surface area contributed by atoms with Crippen LogP contribution in [-0.4, -0.2) is 65.5 Å². The molecule has 4 rings (SSSR count). The molecule has 156 valence electrons. The van der Waals surface area contributed by atoms with E-state index in [1.54, 1.807) is 30.3 Å². The summed E-state index contributed by atoms with van der Waals surface area (Å²) in [6.45, 7) is 3.57. The molecule has 2 heterocycles. The standard InChI is InChI=1S/C22H25N5O3/c1-29-20-8-4-17(5-9-20)21(26-10-12-30-13-11-26)14-24-22(28)18-2-6-19(7-3-18)27-16-23-15-25-27/h2-9,15-16,21H,10-14H2,1H3,(H,24,28)/t21-/m1/s1. The Balaban J connectivity index is 1.45. The third kappa shape index (κ3) is 4.67. The maximum atomic E-state index is 12.8. The normalized spacial score (nSPS) is 15.5. The van der Waals surface area contributed by atoms with Gasteiger partial charge in [-0.2, -0.15) is 5.10 Å². The van der Waals surface area contributed by atoms with Crippen molar-refractivity contribution in [3.05, 3.63) is 72.3 Å². The van der Waals surface area contributed by atoms with E-state index in [9.17, 15) is 4.79 Å². The molecule has 0 unspecified atom stereocenters. The van der Waals surface area contributed by atoms with Crippen molar-refractivity contribution in [2.24, 2.45) is 0 Å². The van der Waals surface area contributed by atoms with Gasteiger partial charge in [0.15, 0.2) is 0 Å². The predicted octanol–water partition coefficient (Wildman–Crippen LogP) is 2.08. The Hall–Kier alpha value is -3.23. The SMILES string of the molecule is COc1ccc([C@@H](CNC(=O)c2ccc(-n3cncn3)cc2)N2CCOCC2)cc1. The maximum absolute atomic E-state index is 12.8. The van der Waals surface area contributed by atoms with Crippen molar-refractivity contribution in [1.29, 1.82) is 0 Å². The summed E-state index contributed by atoms with van der Waals surface area (Å²) < 4.78 is 12.4. The number of hydrogen-bond donors (Lipinski definition) is 1. The van der Waals surface area contributed by atoms with Gasteiger partial charge in [0, 0.05) is 25.2 Å². The minimum atomic E-state index is -0.105. The first kappa shape index (κ1) is 20.1. The summed E-state index contributed by atoms with van der Waals surface area (Å²) in [5.74, 6) is 0.711. The molecule has 1 amide bonds. The van der Waals surface area contributed by atoms with E-state index in [4.69, 9.17) is 9.47 Å². The molecule has 3 aromatic rings. The highest BCUT2D eigenvalue weighted by molar-refractivity contribution is 5.94. The van der Waals surface area contributed by atoms with E-state index in [0.29, 0.717) is 25.3 Å². The number of hydrogen-bond acceptors (Lipinski definition) is 6. The highest BCUT2D eigenvalue weighted by Gasteiger charge is 2.23. The van der Waals surface area contributed by atoms with Crippen molar-refractivity contribution in [3.63, 3.8) is 0 Å². The van der Waals surface area contributed by atoms with Gasteiger partial charge in [0.2, 0.25) is 0 Å². The van der Waals surface area contributed by atoms with Crippen LogP contribution in [0.5, 0.6) is 5.75 Å². The predicted molar refractivity (Wildman–Crippen MR) is 112 cm³/mol. The molecule has 0 radical (unpaired) electrons. The number of benzene rings is 2. The number of methoxy groups -OCH3 is 1. The van der Waals surface area contributed by atoms with Crippen LogP contribution in [0.1, 0.15) is 22.0 Å². The molecule has 1 aliphatic rings. The van der Waals surface area contributed by atoms with Crippen LogP contribution in [0.3, 0.4) is 0 Å². The number of aromatic nitrogens is 3. The fourth-order valence-electron chi connectivity index (χ4n) is 3.57. The smallest absolute Gasteiger partial charge is 0.251 e. The Bertz CT molecular complexity index is 936. The molecule has 8 heteroatoms. The number of carbonyl (C=O) groups is 1. The lowest BCUT2D eigenvalue weighted by molar-refractivity contribution is 0.0162. The summed E-state index contributed by atoms with van der Waals surface area (Å²) in [5.41, 5.74) is 2.60. The van der Waals surface area contributed by atoms with Gasteiger partial charge in [0.1, 0.15) is 18.4 Å². The molecule has 0 bridgehead atoms. The van der Waals surface area contributed by atoms with E-state index in [1.165, 1.54) is 6.33 Å². The average molecular weight is 407 g/mol. The summed E-state index contributed by atoms with van der Waals surface area (Å²) in [4.78, 5) is 19.0. The number of nitrogens with one attached hydrogen (secondary N) is 1. The van der Waals surface area contributed by atoms with Crippen molar-refractivity contribution in [2.45, 2.75) is 6.04 Å². The van der Waals surface area contributed by atoms with Crippen molar-refractivity contribution < 1.29 is 14.3 Å². The Morgan fingerprint density at radius 2 is 1.87 bits per heavy atom. The van der Waals surface area contributed by atoms with Gasteiger partial charge in [0.25, 0.3) is 5.91 Å². The van der Waals surface area contributed by atoms with Crippen LogP contribution in [0.4, 0.5) is 0 Å². The Morgan fingerprint density at radius 3 is 2.50 bits per heavy atom. The van der Waals surface area contributed by atoms with Crippen LogP contribution < -0.4 is 10.1 Å². The van der Waals surface area contributed by atoms with E-state index in [1.807, 2.05) is 24.3 Å². The Labute approximate surface area is 175 Å². The topological polar surface area (TPSA) is 81.5 Å². The summed E-state index contributed by atoms with van der Waals surface area (Å²) in [7, 11) is 1.66. The van der Waals surface area contributed by atoms with Gasteiger partial charge in [-0.15, -0.1) is 0 Å². The molecule has 0 spiro atoms. The Morgan fingerprint density at radius 1 is 1.13 bits per heavy atom. The number of rotatable bonds is 7. The molecule has 1 atom stereocenters. The largest absolute Gasteiger partial charge is 0.497 e. The monoisotopic (exact) mass is 407 g/mol. The number of ether oxygens (including phenoxy) is 2. The minimum absolute atomic E-state index is 0.0678. The highest BCUT2D eigenvalue weighted by atomic mass is 16.5. The third-order valence-corrected chi connectivity index (χ3v) is 5.26. The highest BCUT2D eigenvalue weighted by Crippen LogP contribution is 2.24. The summed E-state index contributed by atoms with van der Waals surface area (Å²) in [6, 6.07) is 15.4. The minimum Gasteiger partial charge on any atom is -0.497 e. The van der Waals surface area contributed by atoms with Gasteiger partial charge in [-0.1, -0.05) is 12.1 Å². The lowest BCUT2D eigenvalue weighted by atomic mass is 10.0. The number of nitrogens with zero attached hydrogens (tertiary/aromatic N) is 4. The van der Waals surface area contributed by atoms with E-state index >= 15 is 0 Å². The zero-order chi connectivity index (χ0) is 20.8. The van der Waals surface area contributed by atoms with Crippen molar-refractivity contribution in [1.82, 2.24) is 25.0 Å². The summed E-state index contributed by atoms with van der Waals surface area (Å²) in [6.07, 6.45) is 3.10. The molecule has 1 aliphatic heterocycles. The molecular formula is C22H25N5O3. The summed E-state index contributed by atoms with van der Waals surface area (Å²) >= 11 is 0. The van der Waals surface area contributed by atoms with Gasteiger partial charge >= 0.3 is 0 Å². The summed E-state index contributed by atoms with van der Waals surface area (Å²) in [5, 5.41) is 7.19. The quantitative estimate of drug-likeness (QED) is 0.646. The van der Waals surface area contributed by atoms with Crippen LogP contribution in [0.2, 0.25) is 0 Å². The fraction of sp³-hybridized carbons (Fsp3) is 0.318. The molecule has 1 aromatic heterocycles. The molecule has 0 saturated carbocycles. The Kier molecular flexibility index (Phi) is 6.36. The maximum Gasteiger partial charge on any atom is 0.251 e. The van der Waals surface area contributed by atoms with E-state index < -0.39 is 0 Å². The molecule has 8 nitrogen and oxygen atoms in total. The van der Waals surface area contributed by atoms with Crippen LogP contribution in [0, 0.1) is 0 Å². The zero-order valence-corrected chi connectivity index (χ0v) is 16.9. The average Bonchev–Trinajstić information content (AvgIpc) is 3.35. The van der Waals surface area contributed by atoms with Crippen LogP contribution in [0.25, 0.3) is 5.69 Å². The van der Waals surface area contributed by atoms with E-state index in [0.717, 1.165) is 30.1 Å². The van der Waals surface area contributed by atoms with Gasteiger partial charge in [0.05, 0.1) is 32.1 Å². The van der Waals surface area contributed by atoms with Gasteiger partial charge in [-0.3, -0.25) is 9.69 Å². The third-order valence-electron chi connectivity index (χ3n) is 5.26. The lowest BCUT2D eigenvalue weighted by Crippen LogP contribution is -2.43. The van der Waals surface area contributed by atoms with Crippen molar-refractivity contribution >= 4 is 5.91 Å². The first-order valence-corrected chi connectivity index (χ1v) is 9.93. The van der Waals surface area contributed by atoms with Crippen LogP contribution in [0.15, 0.2) is 61.2 Å². The molecule has 1 saturated heterocycles. The van der Waals surface area contributed by atoms with Crippen LogP contribution >= 0.6 is 0 Å². The molecule has 0 aliphatic carbocycles. The van der Waals surface area contributed by atoms with Crippen molar-refractivity contribution in [3.8, 4) is 11.4 Å². The first-order chi connectivity index (χ1) is 14.7. The van der Waals surface area contributed by atoms with Crippen molar-refractivity contribution in [2.75, 3.05) is 40.0 Å². The fourth-order valence-corrected chi connectivity index (χ4v) is 3.57. The number of amides is 1. The van der Waals surface area contributed by atoms with Gasteiger partial charge in [-0.25, -0.2) is 9.67 Å². The zero-order valence-electron chi connectivity index (χ0n) is 16.9. The van der Waals surface area contributed by atoms with Crippen LogP contribution in [-0.2, 0) is 4.74 Å². The molecule has 1 fully saturated rings. The number of morpholine rings is 1. The van der Waals surface area contributed by atoms with Gasteiger partial charge < -0.3 is 14.8 Å². The molecule has 1 N–H and O–H groups in total.